The molecular formula is C24H32FN5O3. The van der Waals surface area contributed by atoms with E-state index in [4.69, 9.17) is 10.5 Å². The molecule has 33 heavy (non-hydrogen) atoms. The largest absolute Gasteiger partial charge is 0.397 e. The zero-order chi connectivity index (χ0) is 24.0. The number of amides is 1. The third-order valence-electron chi connectivity index (χ3n) is 5.49. The van der Waals surface area contributed by atoms with Crippen LogP contribution in [0.2, 0.25) is 0 Å². The quantitative estimate of drug-likeness (QED) is 0.522. The molecule has 1 amide bonds. The molecule has 0 saturated carbocycles. The SMILES string of the molecule is CC(C)C(O)Nc1cc(/C(=C(/N)c2ccc(F)cc2)N(C)CC(=O)N2CCOCC2)ccn1. The number of nitrogens with one attached hydrogen (secondary N) is 1. The number of morpholine rings is 1. The predicted molar refractivity (Wildman–Crippen MR) is 126 cm³/mol. The third kappa shape index (κ3) is 6.43. The van der Waals surface area contributed by atoms with Crippen LogP contribution in [-0.2, 0) is 9.53 Å². The first-order chi connectivity index (χ1) is 15.8. The third-order valence-corrected chi connectivity index (χ3v) is 5.49. The molecule has 1 unspecified atom stereocenters. The van der Waals surface area contributed by atoms with Gasteiger partial charge in [-0.1, -0.05) is 13.8 Å². The van der Waals surface area contributed by atoms with Crippen molar-refractivity contribution in [3.63, 3.8) is 0 Å². The molecule has 1 atom stereocenters. The Morgan fingerprint density at radius 2 is 1.91 bits per heavy atom. The summed E-state index contributed by atoms with van der Waals surface area (Å²) in [6.07, 6.45) is 0.843. The van der Waals surface area contributed by atoms with Gasteiger partial charge in [-0.05, 0) is 47.9 Å². The molecule has 2 heterocycles. The van der Waals surface area contributed by atoms with E-state index in [-0.39, 0.29) is 24.2 Å². The zero-order valence-electron chi connectivity index (χ0n) is 19.3. The molecule has 178 valence electrons. The van der Waals surface area contributed by atoms with E-state index in [1.54, 1.807) is 47.3 Å². The van der Waals surface area contributed by atoms with Crippen LogP contribution in [0.4, 0.5) is 10.2 Å². The van der Waals surface area contributed by atoms with Gasteiger partial charge in [0.2, 0.25) is 5.91 Å². The van der Waals surface area contributed by atoms with Crippen molar-refractivity contribution in [1.29, 1.82) is 0 Å². The van der Waals surface area contributed by atoms with Gasteiger partial charge in [0.15, 0.2) is 0 Å². The molecule has 1 aromatic carbocycles. The van der Waals surface area contributed by atoms with Crippen LogP contribution in [-0.4, -0.2) is 71.9 Å². The molecule has 9 heteroatoms. The van der Waals surface area contributed by atoms with Crippen LogP contribution in [0.5, 0.6) is 0 Å². The van der Waals surface area contributed by atoms with Crippen molar-refractivity contribution >= 4 is 23.1 Å². The molecule has 0 aliphatic carbocycles. The molecule has 1 saturated heterocycles. The first kappa shape index (κ1) is 24.5. The standard InChI is InChI=1S/C24H32FN5O3/c1-16(2)24(32)28-20-14-18(8-9-27-20)23(22(26)17-4-6-19(25)7-5-17)29(3)15-21(31)30-10-12-33-13-11-30/h4-9,14,16,24,32H,10-13,15,26H2,1-3H3,(H,27,28)/b23-22-. The number of carbonyl (C=O) groups is 1. The summed E-state index contributed by atoms with van der Waals surface area (Å²) in [6, 6.07) is 9.45. The number of pyridine rings is 1. The van der Waals surface area contributed by atoms with Gasteiger partial charge in [-0.15, -0.1) is 0 Å². The number of hydrogen-bond acceptors (Lipinski definition) is 7. The number of hydrogen-bond donors (Lipinski definition) is 3. The van der Waals surface area contributed by atoms with Gasteiger partial charge < -0.3 is 30.7 Å². The van der Waals surface area contributed by atoms with Crippen molar-refractivity contribution < 1.29 is 19.0 Å². The van der Waals surface area contributed by atoms with Gasteiger partial charge in [0.1, 0.15) is 17.9 Å². The topological polar surface area (TPSA) is 104 Å². The summed E-state index contributed by atoms with van der Waals surface area (Å²) >= 11 is 0. The minimum Gasteiger partial charge on any atom is -0.397 e. The van der Waals surface area contributed by atoms with Gasteiger partial charge in [-0.25, -0.2) is 9.37 Å². The number of nitrogens with two attached hydrogens (primary N) is 1. The van der Waals surface area contributed by atoms with E-state index in [0.29, 0.717) is 54.6 Å². The highest BCUT2D eigenvalue weighted by atomic mass is 19.1. The van der Waals surface area contributed by atoms with Gasteiger partial charge in [0.05, 0.1) is 31.2 Å². The van der Waals surface area contributed by atoms with E-state index in [2.05, 4.69) is 10.3 Å². The van der Waals surface area contributed by atoms with Crippen LogP contribution in [0.3, 0.4) is 0 Å². The molecular weight excluding hydrogens is 425 g/mol. The first-order valence-electron chi connectivity index (χ1n) is 11.0. The number of benzene rings is 1. The molecule has 1 aromatic heterocycles. The molecule has 0 bridgehead atoms. The number of anilines is 1. The van der Waals surface area contributed by atoms with E-state index in [9.17, 15) is 14.3 Å². The molecule has 1 aliphatic rings. The van der Waals surface area contributed by atoms with E-state index in [1.165, 1.54) is 12.1 Å². The second-order valence-electron chi connectivity index (χ2n) is 8.38. The number of aliphatic hydroxyl groups is 1. The molecule has 4 N–H and O–H groups in total. The van der Waals surface area contributed by atoms with Gasteiger partial charge in [-0.2, -0.15) is 0 Å². The fourth-order valence-electron chi connectivity index (χ4n) is 3.52. The summed E-state index contributed by atoms with van der Waals surface area (Å²) < 4.78 is 18.8. The van der Waals surface area contributed by atoms with Crippen LogP contribution in [0.1, 0.15) is 25.0 Å². The van der Waals surface area contributed by atoms with Crippen LogP contribution in [0, 0.1) is 11.7 Å². The lowest BCUT2D eigenvalue weighted by molar-refractivity contribution is -0.135. The number of aromatic nitrogens is 1. The molecule has 1 fully saturated rings. The van der Waals surface area contributed by atoms with Crippen LogP contribution >= 0.6 is 0 Å². The Kier molecular flexibility index (Phi) is 8.24. The van der Waals surface area contributed by atoms with Gasteiger partial charge in [0, 0.05) is 31.9 Å². The molecule has 8 nitrogen and oxygen atoms in total. The summed E-state index contributed by atoms with van der Waals surface area (Å²) in [5.41, 5.74) is 8.90. The number of rotatable bonds is 8. The first-order valence-corrected chi connectivity index (χ1v) is 11.0. The number of aliphatic hydroxyl groups excluding tert-OH is 1. The number of ether oxygens (including phenoxy) is 1. The number of nitrogens with zero attached hydrogens (tertiary/aromatic N) is 3. The maximum atomic E-state index is 13.5. The van der Waals surface area contributed by atoms with Crippen LogP contribution < -0.4 is 11.1 Å². The zero-order valence-corrected chi connectivity index (χ0v) is 19.3. The Morgan fingerprint density at radius 3 is 2.55 bits per heavy atom. The average Bonchev–Trinajstić information content (AvgIpc) is 2.80. The minimum atomic E-state index is -0.768. The Morgan fingerprint density at radius 1 is 1.24 bits per heavy atom. The predicted octanol–water partition coefficient (Wildman–Crippen LogP) is 2.18. The summed E-state index contributed by atoms with van der Waals surface area (Å²) in [7, 11) is 1.79. The highest BCUT2D eigenvalue weighted by Gasteiger charge is 2.22. The number of halogens is 1. The summed E-state index contributed by atoms with van der Waals surface area (Å²) in [4.78, 5) is 20.7. The average molecular weight is 458 g/mol. The Hall–Kier alpha value is -3.17. The van der Waals surface area contributed by atoms with Crippen LogP contribution in [0.25, 0.3) is 11.4 Å². The molecule has 3 rings (SSSR count). The monoisotopic (exact) mass is 457 g/mol. The number of likely N-dealkylation sites (N-methyl/N-ethyl adjacent to an activating group) is 1. The fraction of sp³-hybridized carbons (Fsp3) is 0.417. The molecule has 1 aliphatic heterocycles. The lowest BCUT2D eigenvalue weighted by Gasteiger charge is -2.31. The van der Waals surface area contributed by atoms with E-state index < -0.39 is 6.23 Å². The van der Waals surface area contributed by atoms with Crippen LogP contribution in [0.15, 0.2) is 42.6 Å². The second-order valence-corrected chi connectivity index (χ2v) is 8.38. The van der Waals surface area contributed by atoms with Crippen molar-refractivity contribution in [2.24, 2.45) is 11.7 Å². The van der Waals surface area contributed by atoms with Gasteiger partial charge >= 0.3 is 0 Å². The summed E-state index contributed by atoms with van der Waals surface area (Å²) in [6.45, 7) is 6.04. The lowest BCUT2D eigenvalue weighted by Crippen LogP contribution is -2.44. The molecule has 0 radical (unpaired) electrons. The van der Waals surface area contributed by atoms with Crippen molar-refractivity contribution in [2.45, 2.75) is 20.1 Å². The summed E-state index contributed by atoms with van der Waals surface area (Å²) in [5.74, 6) is 0.0736. The minimum absolute atomic E-state index is 0.0106. The van der Waals surface area contributed by atoms with E-state index in [1.807, 2.05) is 13.8 Å². The van der Waals surface area contributed by atoms with Crippen molar-refractivity contribution in [2.75, 3.05) is 45.2 Å². The summed E-state index contributed by atoms with van der Waals surface area (Å²) in [5, 5.41) is 13.2. The normalized spacial score (nSPS) is 15.8. The molecule has 0 spiro atoms. The Bertz CT molecular complexity index is 974. The van der Waals surface area contributed by atoms with E-state index in [0.717, 1.165) is 0 Å². The second kappa shape index (κ2) is 11.1. The highest BCUT2D eigenvalue weighted by molar-refractivity contribution is 5.90. The maximum absolute atomic E-state index is 13.5. The molecule has 2 aromatic rings. The maximum Gasteiger partial charge on any atom is 0.242 e. The fourth-order valence-corrected chi connectivity index (χ4v) is 3.52. The van der Waals surface area contributed by atoms with Gasteiger partial charge in [-0.3, -0.25) is 4.79 Å². The van der Waals surface area contributed by atoms with Gasteiger partial charge in [0.25, 0.3) is 0 Å². The Labute approximate surface area is 193 Å². The Balaban J connectivity index is 1.96. The lowest BCUT2D eigenvalue weighted by atomic mass is 10.0. The van der Waals surface area contributed by atoms with Crippen molar-refractivity contribution in [1.82, 2.24) is 14.8 Å². The highest BCUT2D eigenvalue weighted by Crippen LogP contribution is 2.27. The van der Waals surface area contributed by atoms with Crippen molar-refractivity contribution in [3.8, 4) is 0 Å². The number of carbonyl (C=O) groups excluding carboxylic acids is 1. The van der Waals surface area contributed by atoms with E-state index >= 15 is 0 Å². The smallest absolute Gasteiger partial charge is 0.242 e. The van der Waals surface area contributed by atoms with Crippen molar-refractivity contribution in [3.05, 3.63) is 59.5 Å².